The highest BCUT2D eigenvalue weighted by Crippen LogP contribution is 2.26. The van der Waals surface area contributed by atoms with E-state index in [4.69, 9.17) is 11.6 Å². The number of benzene rings is 2. The molecule has 0 saturated carbocycles. The average Bonchev–Trinajstić information content (AvgIpc) is 2.36. The average molecular weight is 374 g/mol. The van der Waals surface area contributed by atoms with E-state index in [1.165, 1.54) is 23.9 Å². The van der Waals surface area contributed by atoms with Gasteiger partial charge in [0.05, 0.1) is 10.8 Å². The van der Waals surface area contributed by atoms with Crippen LogP contribution in [-0.4, -0.2) is 11.5 Å². The third kappa shape index (κ3) is 4.62. The highest BCUT2D eigenvalue weighted by Gasteiger charge is 2.08. The van der Waals surface area contributed by atoms with Crippen molar-refractivity contribution in [2.45, 2.75) is 11.3 Å². The molecule has 2 aromatic rings. The van der Waals surface area contributed by atoms with Gasteiger partial charge in [-0.25, -0.2) is 4.39 Å². The molecule has 0 atom stereocenters. The van der Waals surface area contributed by atoms with E-state index in [-0.39, 0.29) is 18.0 Å². The Morgan fingerprint density at radius 1 is 1.25 bits per heavy atom. The van der Waals surface area contributed by atoms with Crippen molar-refractivity contribution in [2.75, 3.05) is 5.75 Å². The number of Topliss-reactive ketones (excluding diaryl/α,β-unsaturated/α-hetero) is 1. The zero-order chi connectivity index (χ0) is 14.5. The van der Waals surface area contributed by atoms with Crippen LogP contribution in [0, 0.1) is 5.82 Å². The van der Waals surface area contributed by atoms with Gasteiger partial charge >= 0.3 is 0 Å². The minimum atomic E-state index is -0.346. The first-order chi connectivity index (χ1) is 9.54. The Kier molecular flexibility index (Phi) is 5.64. The fraction of sp³-hybridized carbons (Fsp3) is 0.133. The Labute approximate surface area is 134 Å². The third-order valence-corrected chi connectivity index (χ3v) is 4.58. The van der Waals surface area contributed by atoms with Crippen LogP contribution in [0.4, 0.5) is 4.39 Å². The number of hydrogen-bond acceptors (Lipinski definition) is 2. The maximum absolute atomic E-state index is 13.2. The summed E-state index contributed by atoms with van der Waals surface area (Å²) in [6.45, 7) is 0. The van der Waals surface area contributed by atoms with Gasteiger partial charge in [-0.3, -0.25) is 4.79 Å². The number of carbonyl (C=O) groups is 1. The van der Waals surface area contributed by atoms with Gasteiger partial charge < -0.3 is 0 Å². The van der Waals surface area contributed by atoms with Crippen LogP contribution >= 0.6 is 39.3 Å². The topological polar surface area (TPSA) is 17.1 Å². The van der Waals surface area contributed by atoms with Crippen molar-refractivity contribution in [1.82, 2.24) is 0 Å². The van der Waals surface area contributed by atoms with Crippen molar-refractivity contribution in [1.29, 1.82) is 0 Å². The smallest absolute Gasteiger partial charge is 0.147 e. The molecule has 0 saturated heterocycles. The van der Waals surface area contributed by atoms with Crippen molar-refractivity contribution < 1.29 is 9.18 Å². The van der Waals surface area contributed by atoms with Gasteiger partial charge in [0.1, 0.15) is 11.6 Å². The molecule has 5 heteroatoms. The third-order valence-electron chi connectivity index (χ3n) is 2.55. The van der Waals surface area contributed by atoms with Gasteiger partial charge in [0.25, 0.3) is 0 Å². The first-order valence-electron chi connectivity index (χ1n) is 5.88. The molecule has 0 radical (unpaired) electrons. The molecular weight excluding hydrogens is 363 g/mol. The fourth-order valence-corrected chi connectivity index (χ4v) is 3.32. The first kappa shape index (κ1) is 15.5. The minimum absolute atomic E-state index is 0.0346. The summed E-state index contributed by atoms with van der Waals surface area (Å²) in [7, 11) is 0. The standard InChI is InChI=1S/C15H11BrClFOS/c16-11-5-10(6-12(18)8-11)7-13(19)9-20-15-4-2-1-3-14(15)17/h1-6,8H,7,9H2. The van der Waals surface area contributed by atoms with Crippen LogP contribution in [0.25, 0.3) is 0 Å². The lowest BCUT2D eigenvalue weighted by Crippen LogP contribution is -2.06. The minimum Gasteiger partial charge on any atom is -0.298 e. The number of rotatable bonds is 5. The SMILES string of the molecule is O=C(CSc1ccccc1Cl)Cc1cc(F)cc(Br)c1. The van der Waals surface area contributed by atoms with E-state index >= 15 is 0 Å². The lowest BCUT2D eigenvalue weighted by molar-refractivity contribution is -0.116. The van der Waals surface area contributed by atoms with Crippen LogP contribution in [0.5, 0.6) is 0 Å². The van der Waals surface area contributed by atoms with Gasteiger partial charge in [-0.2, -0.15) is 0 Å². The van der Waals surface area contributed by atoms with Crippen LogP contribution in [-0.2, 0) is 11.2 Å². The maximum atomic E-state index is 13.2. The van der Waals surface area contributed by atoms with Crippen LogP contribution < -0.4 is 0 Å². The lowest BCUT2D eigenvalue weighted by atomic mass is 10.1. The van der Waals surface area contributed by atoms with Gasteiger partial charge in [0.2, 0.25) is 0 Å². The van der Waals surface area contributed by atoms with Crippen molar-refractivity contribution in [3.05, 3.63) is 63.3 Å². The second-order valence-electron chi connectivity index (χ2n) is 4.21. The summed E-state index contributed by atoms with van der Waals surface area (Å²) in [4.78, 5) is 12.8. The Balaban J connectivity index is 1.94. The van der Waals surface area contributed by atoms with E-state index in [2.05, 4.69) is 15.9 Å². The summed E-state index contributed by atoms with van der Waals surface area (Å²) in [5.74, 6) is 0.00562. The van der Waals surface area contributed by atoms with Crippen LogP contribution in [0.1, 0.15) is 5.56 Å². The zero-order valence-electron chi connectivity index (χ0n) is 10.4. The van der Waals surface area contributed by atoms with E-state index in [1.807, 2.05) is 18.2 Å². The van der Waals surface area contributed by atoms with Crippen molar-refractivity contribution in [3.63, 3.8) is 0 Å². The van der Waals surface area contributed by atoms with Gasteiger partial charge in [-0.05, 0) is 35.9 Å². The second-order valence-corrected chi connectivity index (χ2v) is 6.55. The molecule has 0 aliphatic carbocycles. The first-order valence-corrected chi connectivity index (χ1v) is 8.04. The Morgan fingerprint density at radius 2 is 2.00 bits per heavy atom. The number of thioether (sulfide) groups is 1. The highest BCUT2D eigenvalue weighted by atomic mass is 79.9. The molecule has 0 fully saturated rings. The van der Waals surface area contributed by atoms with Gasteiger partial charge in [-0.15, -0.1) is 11.8 Å². The number of carbonyl (C=O) groups excluding carboxylic acids is 1. The highest BCUT2D eigenvalue weighted by molar-refractivity contribution is 9.10. The summed E-state index contributed by atoms with van der Waals surface area (Å²) in [6.07, 6.45) is 0.216. The summed E-state index contributed by atoms with van der Waals surface area (Å²) in [6, 6.07) is 11.9. The molecule has 0 N–H and O–H groups in total. The van der Waals surface area contributed by atoms with Crippen LogP contribution in [0.3, 0.4) is 0 Å². The van der Waals surface area contributed by atoms with Crippen molar-refractivity contribution >= 4 is 45.1 Å². The quantitative estimate of drug-likeness (QED) is 0.675. The van der Waals surface area contributed by atoms with Crippen LogP contribution in [0.15, 0.2) is 51.8 Å². The fourth-order valence-electron chi connectivity index (χ4n) is 1.71. The van der Waals surface area contributed by atoms with E-state index in [0.717, 1.165) is 4.90 Å². The predicted molar refractivity (Wildman–Crippen MR) is 85.0 cm³/mol. The van der Waals surface area contributed by atoms with E-state index < -0.39 is 0 Å². The van der Waals surface area contributed by atoms with Gasteiger partial charge in [0.15, 0.2) is 0 Å². The maximum Gasteiger partial charge on any atom is 0.147 e. The molecule has 104 valence electrons. The molecule has 0 unspecified atom stereocenters. The molecule has 0 aliphatic heterocycles. The van der Waals surface area contributed by atoms with Crippen molar-refractivity contribution in [2.24, 2.45) is 0 Å². The normalized spacial score (nSPS) is 10.6. The Hall–Kier alpha value is -0.840. The number of halogens is 3. The molecule has 20 heavy (non-hydrogen) atoms. The summed E-state index contributed by atoms with van der Waals surface area (Å²) >= 11 is 10.6. The molecule has 0 spiro atoms. The lowest BCUT2D eigenvalue weighted by Gasteiger charge is -2.04. The summed E-state index contributed by atoms with van der Waals surface area (Å²) in [5.41, 5.74) is 0.668. The molecule has 0 amide bonds. The van der Waals surface area contributed by atoms with Crippen LogP contribution in [0.2, 0.25) is 5.02 Å². The molecule has 0 heterocycles. The summed E-state index contributed by atoms with van der Waals surface area (Å²) in [5, 5.41) is 0.638. The van der Waals surface area contributed by atoms with E-state index in [1.54, 1.807) is 12.1 Å². The molecule has 1 nitrogen and oxygen atoms in total. The summed E-state index contributed by atoms with van der Waals surface area (Å²) < 4.78 is 13.9. The predicted octanol–water partition coefficient (Wildman–Crippen LogP) is 5.15. The van der Waals surface area contributed by atoms with E-state index in [0.29, 0.717) is 20.8 Å². The molecule has 0 aromatic heterocycles. The molecule has 2 rings (SSSR count). The monoisotopic (exact) mass is 372 g/mol. The number of ketones is 1. The molecule has 0 aliphatic rings. The molecule has 2 aromatic carbocycles. The van der Waals surface area contributed by atoms with Gasteiger partial charge in [0, 0.05) is 15.8 Å². The van der Waals surface area contributed by atoms with E-state index in [9.17, 15) is 9.18 Å². The Morgan fingerprint density at radius 3 is 2.70 bits per heavy atom. The van der Waals surface area contributed by atoms with Gasteiger partial charge in [-0.1, -0.05) is 39.7 Å². The Bertz CT molecular complexity index is 613. The largest absolute Gasteiger partial charge is 0.298 e. The zero-order valence-corrected chi connectivity index (χ0v) is 13.6. The molecule has 0 bridgehead atoms. The number of hydrogen-bond donors (Lipinski definition) is 0. The second kappa shape index (κ2) is 7.25. The molecular formula is C15H11BrClFOS. The van der Waals surface area contributed by atoms with Crippen molar-refractivity contribution in [3.8, 4) is 0 Å².